The highest BCUT2D eigenvalue weighted by molar-refractivity contribution is 5.34. The van der Waals surface area contributed by atoms with Gasteiger partial charge in [-0.3, -0.25) is 0 Å². The summed E-state index contributed by atoms with van der Waals surface area (Å²) < 4.78 is 5.93. The minimum Gasteiger partial charge on any atom is -0.378 e. The molecule has 0 aromatic carbocycles. The van der Waals surface area contributed by atoms with E-state index in [-0.39, 0.29) is 0 Å². The lowest BCUT2D eigenvalue weighted by Gasteiger charge is -2.34. The Morgan fingerprint density at radius 2 is 2.22 bits per heavy atom. The Bertz CT molecular complexity index is 338. The van der Waals surface area contributed by atoms with E-state index < -0.39 is 0 Å². The lowest BCUT2D eigenvalue weighted by atomic mass is 9.89. The van der Waals surface area contributed by atoms with Crippen LogP contribution in [0.25, 0.3) is 0 Å². The van der Waals surface area contributed by atoms with Crippen molar-refractivity contribution in [2.45, 2.75) is 51.7 Å². The van der Waals surface area contributed by atoms with Crippen molar-refractivity contribution >= 4 is 5.82 Å². The molecule has 3 heteroatoms. The molecule has 0 radical (unpaired) electrons. The van der Waals surface area contributed by atoms with Crippen molar-refractivity contribution in [3.05, 3.63) is 24.4 Å². The molecule has 2 atom stereocenters. The van der Waals surface area contributed by atoms with E-state index in [4.69, 9.17) is 4.74 Å². The average Bonchev–Trinajstić information content (AvgIpc) is 2.42. The zero-order valence-electron chi connectivity index (χ0n) is 11.4. The number of pyridine rings is 1. The molecule has 1 saturated heterocycles. The van der Waals surface area contributed by atoms with Crippen molar-refractivity contribution in [2.24, 2.45) is 5.92 Å². The summed E-state index contributed by atoms with van der Waals surface area (Å²) in [7, 11) is 0. The minimum absolute atomic E-state index is 0.412. The highest BCUT2D eigenvalue weighted by atomic mass is 16.5. The van der Waals surface area contributed by atoms with Gasteiger partial charge in [-0.2, -0.15) is 0 Å². The van der Waals surface area contributed by atoms with Crippen molar-refractivity contribution in [1.82, 2.24) is 4.98 Å². The van der Waals surface area contributed by atoms with Crippen LogP contribution in [0.15, 0.2) is 24.4 Å². The first-order chi connectivity index (χ1) is 8.83. The van der Waals surface area contributed by atoms with Crippen LogP contribution in [0.5, 0.6) is 0 Å². The Balaban J connectivity index is 1.90. The summed E-state index contributed by atoms with van der Waals surface area (Å²) in [6.45, 7) is 5.38. The monoisotopic (exact) mass is 248 g/mol. The minimum atomic E-state index is 0.412. The number of hydrogen-bond donors (Lipinski definition) is 1. The molecule has 3 nitrogen and oxygen atoms in total. The van der Waals surface area contributed by atoms with Crippen LogP contribution in [0.2, 0.25) is 0 Å². The number of nitrogens with one attached hydrogen (secondary N) is 1. The van der Waals surface area contributed by atoms with Crippen LogP contribution >= 0.6 is 0 Å². The molecule has 1 N–H and O–H groups in total. The SMILES string of the molecule is CCC(CC)C1CC(Nc2ccccn2)CCO1. The van der Waals surface area contributed by atoms with Crippen LogP contribution in [-0.4, -0.2) is 23.7 Å². The van der Waals surface area contributed by atoms with Gasteiger partial charge in [0, 0.05) is 18.8 Å². The Morgan fingerprint density at radius 1 is 1.39 bits per heavy atom. The van der Waals surface area contributed by atoms with Crippen molar-refractivity contribution in [2.75, 3.05) is 11.9 Å². The fourth-order valence-electron chi connectivity index (χ4n) is 2.76. The molecule has 1 aliphatic rings. The number of aromatic nitrogens is 1. The molecule has 1 fully saturated rings. The quantitative estimate of drug-likeness (QED) is 0.866. The predicted octanol–water partition coefficient (Wildman–Crippen LogP) is 3.48. The van der Waals surface area contributed by atoms with Gasteiger partial charge >= 0.3 is 0 Å². The molecule has 1 aliphatic heterocycles. The first-order valence-electron chi connectivity index (χ1n) is 7.12. The van der Waals surface area contributed by atoms with Crippen molar-refractivity contribution in [3.63, 3.8) is 0 Å². The summed E-state index contributed by atoms with van der Waals surface area (Å²) in [6.07, 6.45) is 6.83. The molecule has 2 heterocycles. The van der Waals surface area contributed by atoms with Crippen molar-refractivity contribution in [1.29, 1.82) is 0 Å². The zero-order valence-corrected chi connectivity index (χ0v) is 11.4. The highest BCUT2D eigenvalue weighted by Crippen LogP contribution is 2.26. The summed E-state index contributed by atoms with van der Waals surface area (Å²) in [6, 6.07) is 6.50. The molecule has 100 valence electrons. The fourth-order valence-corrected chi connectivity index (χ4v) is 2.76. The molecular formula is C15H24N2O. The predicted molar refractivity (Wildman–Crippen MR) is 74.7 cm³/mol. The van der Waals surface area contributed by atoms with Crippen LogP contribution in [-0.2, 0) is 4.74 Å². The van der Waals surface area contributed by atoms with Crippen LogP contribution in [0.4, 0.5) is 5.82 Å². The van der Waals surface area contributed by atoms with Crippen LogP contribution < -0.4 is 5.32 Å². The molecule has 1 aromatic heterocycles. The standard InChI is InChI=1S/C15H24N2O/c1-3-12(4-2)14-11-13(8-10-18-14)17-15-7-5-6-9-16-15/h5-7,9,12-14H,3-4,8,10-11H2,1-2H3,(H,16,17). The maximum atomic E-state index is 5.93. The lowest BCUT2D eigenvalue weighted by Crippen LogP contribution is -2.38. The number of anilines is 1. The molecular weight excluding hydrogens is 224 g/mol. The third kappa shape index (κ3) is 3.45. The van der Waals surface area contributed by atoms with E-state index in [1.165, 1.54) is 12.8 Å². The van der Waals surface area contributed by atoms with Crippen molar-refractivity contribution < 1.29 is 4.74 Å². The normalized spacial score (nSPS) is 24.2. The van der Waals surface area contributed by atoms with Gasteiger partial charge in [-0.1, -0.05) is 32.8 Å². The molecule has 2 rings (SSSR count). The molecule has 0 bridgehead atoms. The Labute approximate surface area is 110 Å². The van der Waals surface area contributed by atoms with Crippen molar-refractivity contribution in [3.8, 4) is 0 Å². The van der Waals surface area contributed by atoms with E-state index in [1.807, 2.05) is 24.4 Å². The molecule has 0 aliphatic carbocycles. The Hall–Kier alpha value is -1.09. The summed E-state index contributed by atoms with van der Waals surface area (Å²) in [5.74, 6) is 1.67. The number of ether oxygens (including phenoxy) is 1. The first-order valence-corrected chi connectivity index (χ1v) is 7.12. The van der Waals surface area contributed by atoms with Gasteiger partial charge in [0.05, 0.1) is 6.10 Å². The number of rotatable bonds is 5. The summed E-state index contributed by atoms with van der Waals surface area (Å²) in [4.78, 5) is 4.33. The van der Waals surface area contributed by atoms with E-state index in [1.54, 1.807) is 0 Å². The van der Waals surface area contributed by atoms with Gasteiger partial charge in [0.2, 0.25) is 0 Å². The second-order valence-electron chi connectivity index (χ2n) is 5.07. The van der Waals surface area contributed by atoms with E-state index in [0.29, 0.717) is 18.1 Å². The topological polar surface area (TPSA) is 34.2 Å². The van der Waals surface area contributed by atoms with Crippen LogP contribution in [0.3, 0.4) is 0 Å². The van der Waals surface area contributed by atoms with E-state index in [9.17, 15) is 0 Å². The van der Waals surface area contributed by atoms with Crippen LogP contribution in [0.1, 0.15) is 39.5 Å². The van der Waals surface area contributed by atoms with Gasteiger partial charge in [0.25, 0.3) is 0 Å². The lowest BCUT2D eigenvalue weighted by molar-refractivity contribution is -0.0271. The van der Waals surface area contributed by atoms with E-state index in [0.717, 1.165) is 25.3 Å². The second-order valence-corrected chi connectivity index (χ2v) is 5.07. The first kappa shape index (κ1) is 13.3. The smallest absolute Gasteiger partial charge is 0.126 e. The molecule has 0 spiro atoms. The van der Waals surface area contributed by atoms with E-state index in [2.05, 4.69) is 24.1 Å². The van der Waals surface area contributed by atoms with E-state index >= 15 is 0 Å². The summed E-state index contributed by atoms with van der Waals surface area (Å²) >= 11 is 0. The Morgan fingerprint density at radius 3 is 2.89 bits per heavy atom. The third-order valence-electron chi connectivity index (χ3n) is 3.91. The fraction of sp³-hybridized carbons (Fsp3) is 0.667. The molecule has 18 heavy (non-hydrogen) atoms. The molecule has 2 unspecified atom stereocenters. The average molecular weight is 248 g/mol. The second kappa shape index (κ2) is 6.74. The van der Waals surface area contributed by atoms with Gasteiger partial charge < -0.3 is 10.1 Å². The van der Waals surface area contributed by atoms with Crippen LogP contribution in [0, 0.1) is 5.92 Å². The van der Waals surface area contributed by atoms with Gasteiger partial charge in [0.1, 0.15) is 5.82 Å². The highest BCUT2D eigenvalue weighted by Gasteiger charge is 2.27. The summed E-state index contributed by atoms with van der Waals surface area (Å²) in [5, 5.41) is 3.52. The maximum Gasteiger partial charge on any atom is 0.126 e. The summed E-state index contributed by atoms with van der Waals surface area (Å²) in [5.41, 5.74) is 0. The van der Waals surface area contributed by atoms with Gasteiger partial charge in [0.15, 0.2) is 0 Å². The zero-order chi connectivity index (χ0) is 12.8. The van der Waals surface area contributed by atoms with Gasteiger partial charge in [-0.05, 0) is 30.9 Å². The molecule has 0 amide bonds. The van der Waals surface area contributed by atoms with Gasteiger partial charge in [-0.15, -0.1) is 0 Å². The molecule has 0 saturated carbocycles. The third-order valence-corrected chi connectivity index (χ3v) is 3.91. The Kier molecular flexibility index (Phi) is 5.00. The maximum absolute atomic E-state index is 5.93. The largest absolute Gasteiger partial charge is 0.378 e. The number of nitrogens with zero attached hydrogens (tertiary/aromatic N) is 1. The van der Waals surface area contributed by atoms with Gasteiger partial charge in [-0.25, -0.2) is 4.98 Å². The molecule has 1 aromatic rings. The number of hydrogen-bond acceptors (Lipinski definition) is 3.